The van der Waals surface area contributed by atoms with E-state index in [0.29, 0.717) is 12.5 Å². The van der Waals surface area contributed by atoms with E-state index >= 15 is 0 Å². The van der Waals surface area contributed by atoms with Crippen LogP contribution in [-0.4, -0.2) is 9.97 Å². The van der Waals surface area contributed by atoms with Crippen molar-refractivity contribution >= 4 is 33.4 Å². The van der Waals surface area contributed by atoms with Crippen molar-refractivity contribution in [2.75, 3.05) is 10.6 Å². The van der Waals surface area contributed by atoms with Crippen LogP contribution in [0.25, 0.3) is 0 Å². The van der Waals surface area contributed by atoms with Gasteiger partial charge in [0.15, 0.2) is 0 Å². The van der Waals surface area contributed by atoms with Gasteiger partial charge in [0.05, 0.1) is 0 Å². The number of nitrogens with zero attached hydrogens (tertiary/aromatic N) is 2. The average molecular weight is 369 g/mol. The molecule has 1 aromatic heterocycles. The van der Waals surface area contributed by atoms with Crippen LogP contribution in [0, 0.1) is 6.92 Å². The monoisotopic (exact) mass is 368 g/mol. The van der Waals surface area contributed by atoms with Crippen molar-refractivity contribution in [3.8, 4) is 0 Å². The summed E-state index contributed by atoms with van der Waals surface area (Å²) in [4.78, 5) is 8.75. The minimum Gasteiger partial charge on any atom is -0.350 e. The van der Waals surface area contributed by atoms with Crippen LogP contribution >= 0.6 is 15.9 Å². The van der Waals surface area contributed by atoms with Crippen molar-refractivity contribution in [3.63, 3.8) is 0 Å². The molecule has 0 atom stereocenters. The SMILES string of the molecule is Cc1cccc(CNc2nccc(Nc3cccc(Br)c3)n2)c1. The van der Waals surface area contributed by atoms with E-state index in [-0.39, 0.29) is 0 Å². The summed E-state index contributed by atoms with van der Waals surface area (Å²) < 4.78 is 1.02. The van der Waals surface area contributed by atoms with Crippen LogP contribution in [0.2, 0.25) is 0 Å². The first-order valence-corrected chi connectivity index (χ1v) is 8.13. The molecule has 0 amide bonds. The number of aryl methyl sites for hydroxylation is 1. The molecule has 2 aromatic carbocycles. The topological polar surface area (TPSA) is 49.8 Å². The molecule has 0 aliphatic carbocycles. The predicted octanol–water partition coefficient (Wildman–Crippen LogP) is 4.90. The molecule has 0 radical (unpaired) electrons. The van der Waals surface area contributed by atoms with Crippen molar-refractivity contribution in [2.45, 2.75) is 13.5 Å². The van der Waals surface area contributed by atoms with Gasteiger partial charge in [-0.25, -0.2) is 4.98 Å². The molecule has 0 bridgehead atoms. The predicted molar refractivity (Wildman–Crippen MR) is 98.0 cm³/mol. The van der Waals surface area contributed by atoms with Crippen molar-refractivity contribution in [2.24, 2.45) is 0 Å². The van der Waals surface area contributed by atoms with Gasteiger partial charge >= 0.3 is 0 Å². The molecule has 0 unspecified atom stereocenters. The largest absolute Gasteiger partial charge is 0.350 e. The van der Waals surface area contributed by atoms with Gasteiger partial charge < -0.3 is 10.6 Å². The van der Waals surface area contributed by atoms with Gasteiger partial charge in [0.2, 0.25) is 5.95 Å². The molecule has 1 heterocycles. The van der Waals surface area contributed by atoms with E-state index in [1.807, 2.05) is 30.3 Å². The number of benzene rings is 2. The minimum absolute atomic E-state index is 0.603. The lowest BCUT2D eigenvalue weighted by atomic mass is 10.1. The van der Waals surface area contributed by atoms with Crippen LogP contribution in [0.15, 0.2) is 65.3 Å². The number of nitrogens with one attached hydrogen (secondary N) is 2. The summed E-state index contributed by atoms with van der Waals surface area (Å²) in [6.07, 6.45) is 1.74. The Morgan fingerprint density at radius 2 is 1.91 bits per heavy atom. The van der Waals surface area contributed by atoms with Crippen LogP contribution in [0.3, 0.4) is 0 Å². The molecule has 23 heavy (non-hydrogen) atoms. The van der Waals surface area contributed by atoms with E-state index in [2.05, 4.69) is 67.7 Å². The maximum atomic E-state index is 4.49. The second-order valence-corrected chi connectivity index (χ2v) is 6.16. The van der Waals surface area contributed by atoms with Gasteiger partial charge in [0, 0.05) is 22.9 Å². The van der Waals surface area contributed by atoms with Gasteiger partial charge in [0.1, 0.15) is 5.82 Å². The Labute approximate surface area is 144 Å². The number of halogens is 1. The lowest BCUT2D eigenvalue weighted by Gasteiger charge is -2.09. The standard InChI is InChI=1S/C18H17BrN4/c1-13-4-2-5-14(10-13)12-21-18-20-9-8-17(23-18)22-16-7-3-6-15(19)11-16/h2-11H,12H2,1H3,(H2,20,21,22,23). The molecule has 0 aliphatic heterocycles. The van der Waals surface area contributed by atoms with Gasteiger partial charge in [-0.1, -0.05) is 51.8 Å². The fraction of sp³-hybridized carbons (Fsp3) is 0.111. The summed E-state index contributed by atoms with van der Waals surface area (Å²) >= 11 is 3.46. The molecule has 0 spiro atoms. The van der Waals surface area contributed by atoms with E-state index in [4.69, 9.17) is 0 Å². The summed E-state index contributed by atoms with van der Waals surface area (Å²) in [5.41, 5.74) is 3.43. The summed E-state index contributed by atoms with van der Waals surface area (Å²) in [6.45, 7) is 2.78. The van der Waals surface area contributed by atoms with Crippen molar-refractivity contribution < 1.29 is 0 Å². The zero-order chi connectivity index (χ0) is 16.1. The molecule has 0 saturated carbocycles. The normalized spacial score (nSPS) is 10.3. The Morgan fingerprint density at radius 3 is 2.74 bits per heavy atom. The summed E-state index contributed by atoms with van der Waals surface area (Å²) in [5, 5.41) is 6.53. The van der Waals surface area contributed by atoms with Gasteiger partial charge in [-0.15, -0.1) is 0 Å². The first kappa shape index (κ1) is 15.5. The molecule has 0 fully saturated rings. The van der Waals surface area contributed by atoms with E-state index in [1.54, 1.807) is 6.20 Å². The minimum atomic E-state index is 0.603. The third-order valence-electron chi connectivity index (χ3n) is 3.29. The van der Waals surface area contributed by atoms with Gasteiger partial charge in [-0.05, 0) is 36.8 Å². The third-order valence-corrected chi connectivity index (χ3v) is 3.78. The molecular formula is C18H17BrN4. The molecule has 0 saturated heterocycles. The molecule has 2 N–H and O–H groups in total. The highest BCUT2D eigenvalue weighted by Crippen LogP contribution is 2.19. The number of aromatic nitrogens is 2. The first-order chi connectivity index (χ1) is 11.2. The Hall–Kier alpha value is -2.40. The Balaban J connectivity index is 1.67. The average Bonchev–Trinajstić information content (AvgIpc) is 2.53. The maximum absolute atomic E-state index is 4.49. The van der Waals surface area contributed by atoms with Crippen molar-refractivity contribution in [3.05, 3.63) is 76.4 Å². The van der Waals surface area contributed by atoms with Gasteiger partial charge in [0.25, 0.3) is 0 Å². The number of anilines is 3. The van der Waals surface area contributed by atoms with E-state index in [1.165, 1.54) is 11.1 Å². The fourth-order valence-electron chi connectivity index (χ4n) is 2.23. The number of rotatable bonds is 5. The van der Waals surface area contributed by atoms with Crippen LogP contribution in [0.5, 0.6) is 0 Å². The zero-order valence-electron chi connectivity index (χ0n) is 12.8. The Bertz CT molecular complexity index is 804. The molecule has 0 aliphatic rings. The van der Waals surface area contributed by atoms with Crippen LogP contribution in [-0.2, 0) is 6.54 Å². The third kappa shape index (κ3) is 4.53. The molecular weight excluding hydrogens is 352 g/mol. The molecule has 116 valence electrons. The van der Waals surface area contributed by atoms with E-state index in [0.717, 1.165) is 16.0 Å². The summed E-state index contributed by atoms with van der Waals surface area (Å²) in [5.74, 6) is 1.36. The zero-order valence-corrected chi connectivity index (χ0v) is 14.3. The lowest BCUT2D eigenvalue weighted by molar-refractivity contribution is 1.05. The highest BCUT2D eigenvalue weighted by atomic mass is 79.9. The Kier molecular flexibility index (Phi) is 4.88. The fourth-order valence-corrected chi connectivity index (χ4v) is 2.63. The number of hydrogen-bond acceptors (Lipinski definition) is 4. The molecule has 3 aromatic rings. The first-order valence-electron chi connectivity index (χ1n) is 7.34. The van der Waals surface area contributed by atoms with Gasteiger partial charge in [-0.3, -0.25) is 0 Å². The van der Waals surface area contributed by atoms with E-state index < -0.39 is 0 Å². The summed E-state index contributed by atoms with van der Waals surface area (Å²) in [7, 11) is 0. The second-order valence-electron chi connectivity index (χ2n) is 5.24. The second kappa shape index (κ2) is 7.24. The number of hydrogen-bond donors (Lipinski definition) is 2. The highest BCUT2D eigenvalue weighted by Gasteiger charge is 2.01. The van der Waals surface area contributed by atoms with Crippen LogP contribution < -0.4 is 10.6 Å². The maximum Gasteiger partial charge on any atom is 0.224 e. The van der Waals surface area contributed by atoms with E-state index in [9.17, 15) is 0 Å². The highest BCUT2D eigenvalue weighted by molar-refractivity contribution is 9.10. The lowest BCUT2D eigenvalue weighted by Crippen LogP contribution is -2.05. The molecule has 4 nitrogen and oxygen atoms in total. The van der Waals surface area contributed by atoms with Gasteiger partial charge in [-0.2, -0.15) is 4.98 Å². The molecule has 3 rings (SSSR count). The van der Waals surface area contributed by atoms with Crippen molar-refractivity contribution in [1.82, 2.24) is 9.97 Å². The Morgan fingerprint density at radius 1 is 1.04 bits per heavy atom. The smallest absolute Gasteiger partial charge is 0.224 e. The van der Waals surface area contributed by atoms with Crippen LogP contribution in [0.4, 0.5) is 17.5 Å². The van der Waals surface area contributed by atoms with Crippen molar-refractivity contribution in [1.29, 1.82) is 0 Å². The molecule has 5 heteroatoms. The quantitative estimate of drug-likeness (QED) is 0.672. The summed E-state index contributed by atoms with van der Waals surface area (Å²) in [6, 6.07) is 18.2. The van der Waals surface area contributed by atoms with Crippen LogP contribution in [0.1, 0.15) is 11.1 Å².